The van der Waals surface area contributed by atoms with Crippen LogP contribution in [0, 0.1) is 0 Å². The van der Waals surface area contributed by atoms with Crippen molar-refractivity contribution in [2.45, 2.75) is 0 Å². The summed E-state index contributed by atoms with van der Waals surface area (Å²) in [6, 6.07) is 57.7. The quantitative estimate of drug-likeness (QED) is 0.206. The van der Waals surface area contributed by atoms with E-state index >= 15 is 0 Å². The van der Waals surface area contributed by atoms with Crippen LogP contribution in [0.15, 0.2) is 164 Å². The van der Waals surface area contributed by atoms with Gasteiger partial charge >= 0.3 is 0 Å². The highest BCUT2D eigenvalue weighted by molar-refractivity contribution is 6.01. The highest BCUT2D eigenvalue weighted by Gasteiger charge is 2.16. The van der Waals surface area contributed by atoms with Crippen molar-refractivity contribution in [1.29, 1.82) is 0 Å². The summed E-state index contributed by atoms with van der Waals surface area (Å²) in [7, 11) is 0. The standard InChI is InChI=1S/C43H27N3/c1-4-12-31-23-35(20-17-28(31)9-1)40-27-38(26-34-15-7-8-16-39(34)40)43-45-41(36-21-18-29-10-2-5-13-32(29)24-36)44-42(46-43)37-22-19-30-11-3-6-14-33(30)25-37/h1-27H. The lowest BCUT2D eigenvalue weighted by atomic mass is 9.94. The summed E-state index contributed by atoms with van der Waals surface area (Å²) in [5.74, 6) is 1.95. The van der Waals surface area contributed by atoms with E-state index in [2.05, 4.69) is 164 Å². The van der Waals surface area contributed by atoms with Gasteiger partial charge in [-0.25, -0.2) is 15.0 Å². The lowest BCUT2D eigenvalue weighted by Crippen LogP contribution is -2.00. The molecular formula is C43H27N3. The summed E-state index contributed by atoms with van der Waals surface area (Å²) in [6.07, 6.45) is 0. The van der Waals surface area contributed by atoms with Crippen molar-refractivity contribution in [3.63, 3.8) is 0 Å². The van der Waals surface area contributed by atoms with Crippen LogP contribution < -0.4 is 0 Å². The van der Waals surface area contributed by atoms with E-state index < -0.39 is 0 Å². The van der Waals surface area contributed by atoms with E-state index in [0.29, 0.717) is 17.5 Å². The number of benzene rings is 8. The van der Waals surface area contributed by atoms with Crippen LogP contribution in [0.5, 0.6) is 0 Å². The molecule has 0 N–H and O–H groups in total. The van der Waals surface area contributed by atoms with Crippen LogP contribution in [0.4, 0.5) is 0 Å². The van der Waals surface area contributed by atoms with Crippen molar-refractivity contribution in [2.24, 2.45) is 0 Å². The van der Waals surface area contributed by atoms with Crippen LogP contribution in [0.3, 0.4) is 0 Å². The third-order valence-electron chi connectivity index (χ3n) is 8.83. The van der Waals surface area contributed by atoms with Gasteiger partial charge in [-0.15, -0.1) is 0 Å². The Morgan fingerprint density at radius 2 is 0.630 bits per heavy atom. The van der Waals surface area contributed by atoms with Gasteiger partial charge in [0.25, 0.3) is 0 Å². The molecule has 0 unspecified atom stereocenters. The van der Waals surface area contributed by atoms with E-state index in [-0.39, 0.29) is 0 Å². The summed E-state index contributed by atoms with van der Waals surface area (Å²) in [6.45, 7) is 0. The van der Waals surface area contributed by atoms with Gasteiger partial charge in [0, 0.05) is 16.7 Å². The Kier molecular flexibility index (Phi) is 6.14. The van der Waals surface area contributed by atoms with Crippen molar-refractivity contribution in [3.05, 3.63) is 164 Å². The van der Waals surface area contributed by atoms with Gasteiger partial charge in [0.15, 0.2) is 17.5 Å². The molecule has 3 heteroatoms. The molecule has 0 aliphatic rings. The maximum atomic E-state index is 5.14. The van der Waals surface area contributed by atoms with E-state index in [1.54, 1.807) is 0 Å². The predicted octanol–water partition coefficient (Wildman–Crippen LogP) is 11.2. The Hall–Kier alpha value is -6.19. The van der Waals surface area contributed by atoms with Gasteiger partial charge in [-0.2, -0.15) is 0 Å². The molecular weight excluding hydrogens is 558 g/mol. The highest BCUT2D eigenvalue weighted by Crippen LogP contribution is 2.36. The van der Waals surface area contributed by atoms with Crippen LogP contribution in [0.1, 0.15) is 0 Å². The Bertz CT molecular complexity index is 2510. The average molecular weight is 586 g/mol. The summed E-state index contributed by atoms with van der Waals surface area (Å²) in [5.41, 5.74) is 5.18. The molecule has 1 heterocycles. The fourth-order valence-electron chi connectivity index (χ4n) is 6.46. The molecule has 0 fully saturated rings. The smallest absolute Gasteiger partial charge is 0.164 e. The number of aromatic nitrogens is 3. The fourth-order valence-corrected chi connectivity index (χ4v) is 6.46. The van der Waals surface area contributed by atoms with Crippen molar-refractivity contribution in [1.82, 2.24) is 15.0 Å². The summed E-state index contributed by atoms with van der Waals surface area (Å²) in [4.78, 5) is 15.3. The van der Waals surface area contributed by atoms with Gasteiger partial charge < -0.3 is 0 Å². The second-order valence-electron chi connectivity index (χ2n) is 11.7. The molecule has 0 radical (unpaired) electrons. The lowest BCUT2D eigenvalue weighted by molar-refractivity contribution is 1.08. The third-order valence-corrected chi connectivity index (χ3v) is 8.83. The molecule has 0 bridgehead atoms. The highest BCUT2D eigenvalue weighted by atomic mass is 15.0. The van der Waals surface area contributed by atoms with Gasteiger partial charge in [0.1, 0.15) is 0 Å². The molecule has 214 valence electrons. The molecule has 46 heavy (non-hydrogen) atoms. The van der Waals surface area contributed by atoms with Crippen LogP contribution in [0.25, 0.3) is 88.4 Å². The minimum Gasteiger partial charge on any atom is -0.208 e. The van der Waals surface area contributed by atoms with Gasteiger partial charge in [0.2, 0.25) is 0 Å². The Morgan fingerprint density at radius 1 is 0.261 bits per heavy atom. The van der Waals surface area contributed by atoms with Crippen LogP contribution in [0.2, 0.25) is 0 Å². The van der Waals surface area contributed by atoms with Gasteiger partial charge in [-0.3, -0.25) is 0 Å². The molecule has 0 amide bonds. The third kappa shape index (κ3) is 4.66. The average Bonchev–Trinajstić information content (AvgIpc) is 3.13. The summed E-state index contributed by atoms with van der Waals surface area (Å²) >= 11 is 0. The molecule has 9 aromatic rings. The molecule has 3 nitrogen and oxygen atoms in total. The Morgan fingerprint density at radius 3 is 1.15 bits per heavy atom. The maximum Gasteiger partial charge on any atom is 0.164 e. The van der Waals surface area contributed by atoms with Gasteiger partial charge in [0.05, 0.1) is 0 Å². The zero-order valence-corrected chi connectivity index (χ0v) is 24.9. The van der Waals surface area contributed by atoms with Crippen LogP contribution >= 0.6 is 0 Å². The van der Waals surface area contributed by atoms with Crippen LogP contribution in [-0.4, -0.2) is 15.0 Å². The van der Waals surface area contributed by atoms with Crippen LogP contribution in [-0.2, 0) is 0 Å². The number of hydrogen-bond donors (Lipinski definition) is 0. The maximum absolute atomic E-state index is 5.14. The SMILES string of the molecule is c1ccc2cc(-c3nc(-c4ccc5ccccc5c4)nc(-c4cc(-c5ccc6ccccc6c5)c5ccccc5c4)n3)ccc2c1. The molecule has 0 saturated carbocycles. The summed E-state index contributed by atoms with van der Waals surface area (Å²) in [5, 5.41) is 9.45. The molecule has 9 rings (SSSR count). The van der Waals surface area contributed by atoms with Crippen molar-refractivity contribution >= 4 is 43.1 Å². The van der Waals surface area contributed by atoms with E-state index in [9.17, 15) is 0 Å². The first kappa shape index (κ1) is 26.2. The van der Waals surface area contributed by atoms with E-state index in [0.717, 1.165) is 44.0 Å². The Balaban J connectivity index is 1.28. The van der Waals surface area contributed by atoms with E-state index in [4.69, 9.17) is 15.0 Å². The van der Waals surface area contributed by atoms with Gasteiger partial charge in [-0.1, -0.05) is 133 Å². The second kappa shape index (κ2) is 10.8. The van der Waals surface area contributed by atoms with Crippen molar-refractivity contribution in [2.75, 3.05) is 0 Å². The van der Waals surface area contributed by atoms with E-state index in [1.165, 1.54) is 26.9 Å². The first-order valence-corrected chi connectivity index (χ1v) is 15.5. The first-order chi connectivity index (χ1) is 22.7. The topological polar surface area (TPSA) is 38.7 Å². The minimum absolute atomic E-state index is 0.647. The van der Waals surface area contributed by atoms with Crippen molar-refractivity contribution in [3.8, 4) is 45.3 Å². The lowest BCUT2D eigenvalue weighted by Gasteiger charge is -2.13. The largest absolute Gasteiger partial charge is 0.208 e. The molecule has 8 aromatic carbocycles. The first-order valence-electron chi connectivity index (χ1n) is 15.5. The normalized spacial score (nSPS) is 11.5. The number of nitrogens with zero attached hydrogens (tertiary/aromatic N) is 3. The molecule has 0 spiro atoms. The second-order valence-corrected chi connectivity index (χ2v) is 11.7. The zero-order valence-electron chi connectivity index (χ0n) is 24.9. The molecule has 0 saturated heterocycles. The number of hydrogen-bond acceptors (Lipinski definition) is 3. The molecule has 1 aromatic heterocycles. The van der Waals surface area contributed by atoms with Crippen molar-refractivity contribution < 1.29 is 0 Å². The zero-order chi connectivity index (χ0) is 30.5. The number of fused-ring (bicyclic) bond motifs is 4. The molecule has 0 aliphatic heterocycles. The van der Waals surface area contributed by atoms with Gasteiger partial charge in [-0.05, 0) is 84.5 Å². The molecule has 0 aliphatic carbocycles. The summed E-state index contributed by atoms with van der Waals surface area (Å²) < 4.78 is 0. The molecule has 0 atom stereocenters. The number of rotatable bonds is 4. The predicted molar refractivity (Wildman–Crippen MR) is 192 cm³/mol. The van der Waals surface area contributed by atoms with E-state index in [1.807, 2.05) is 0 Å². The monoisotopic (exact) mass is 585 g/mol. The minimum atomic E-state index is 0.647. The Labute approximate surface area is 266 Å². The fraction of sp³-hybridized carbons (Fsp3) is 0.